The summed E-state index contributed by atoms with van der Waals surface area (Å²) < 4.78 is 10.4. The molecule has 0 saturated heterocycles. The quantitative estimate of drug-likeness (QED) is 0.261. The Labute approximate surface area is 141 Å². The fourth-order valence-electron chi connectivity index (χ4n) is 1.55. The van der Waals surface area contributed by atoms with Gasteiger partial charge in [0.15, 0.2) is 6.29 Å². The molecule has 0 aliphatic heterocycles. The monoisotopic (exact) mass is 334 g/mol. The van der Waals surface area contributed by atoms with E-state index in [1.54, 1.807) is 34.6 Å². The van der Waals surface area contributed by atoms with E-state index in [9.17, 15) is 19.2 Å². The van der Waals surface area contributed by atoms with Crippen LogP contribution in [0, 0.1) is 10.8 Å². The largest absolute Gasteiger partial charge is 0.464 e. The number of aldehydes is 1. The highest BCUT2D eigenvalue weighted by Crippen LogP contribution is 2.24. The summed E-state index contributed by atoms with van der Waals surface area (Å²) in [5.41, 5.74) is -1.60. The van der Waals surface area contributed by atoms with E-state index < -0.39 is 28.6 Å². The van der Waals surface area contributed by atoms with Crippen LogP contribution in [-0.4, -0.2) is 30.6 Å². The fraction of sp³-hybridized carbons (Fsp3) is 0.444. The van der Waals surface area contributed by atoms with Crippen molar-refractivity contribution in [2.75, 3.05) is 6.61 Å². The third-order valence-electron chi connectivity index (χ3n) is 3.17. The minimum atomic E-state index is -1.06. The average molecular weight is 334 g/mol. The van der Waals surface area contributed by atoms with Gasteiger partial charge in [0, 0.05) is 5.56 Å². The Morgan fingerprint density at radius 3 is 2.21 bits per heavy atom. The molecule has 0 bridgehead atoms. The molecule has 6 nitrogen and oxygen atoms in total. The zero-order valence-electron chi connectivity index (χ0n) is 14.5. The number of benzene rings is 1. The van der Waals surface area contributed by atoms with Crippen molar-refractivity contribution in [3.63, 3.8) is 0 Å². The lowest BCUT2D eigenvalue weighted by Gasteiger charge is -2.24. The molecule has 6 heteroatoms. The van der Waals surface area contributed by atoms with Crippen LogP contribution in [0.25, 0.3) is 0 Å². The molecular weight excluding hydrogens is 312 g/mol. The van der Waals surface area contributed by atoms with Crippen molar-refractivity contribution in [2.45, 2.75) is 34.6 Å². The second-order valence-corrected chi connectivity index (χ2v) is 7.11. The van der Waals surface area contributed by atoms with Gasteiger partial charge in [0.2, 0.25) is 5.78 Å². The first-order chi connectivity index (χ1) is 11.0. The van der Waals surface area contributed by atoms with Crippen molar-refractivity contribution in [3.05, 3.63) is 29.8 Å². The number of carbonyl (C=O) groups excluding carboxylic acids is 4. The van der Waals surface area contributed by atoms with Gasteiger partial charge in [0.1, 0.15) is 12.4 Å². The molecule has 0 aliphatic carbocycles. The first-order valence-corrected chi connectivity index (χ1v) is 7.46. The average Bonchev–Trinajstić information content (AvgIpc) is 2.51. The molecule has 0 aromatic heterocycles. The van der Waals surface area contributed by atoms with Crippen LogP contribution in [0.1, 0.15) is 45.0 Å². The molecule has 0 aliphatic rings. The van der Waals surface area contributed by atoms with Gasteiger partial charge in [0.05, 0.1) is 10.8 Å². The lowest BCUT2D eigenvalue weighted by atomic mass is 9.94. The zero-order chi connectivity index (χ0) is 18.5. The molecule has 24 heavy (non-hydrogen) atoms. The number of hydrogen-bond donors (Lipinski definition) is 0. The fourth-order valence-corrected chi connectivity index (χ4v) is 1.55. The SMILES string of the molecule is CC(C)(C)C(=O)OCC(C)(C)C(=O)Oc1cccc(C(=O)C=O)c1. The van der Waals surface area contributed by atoms with Crippen LogP contribution in [0.15, 0.2) is 24.3 Å². The Kier molecular flexibility index (Phi) is 6.01. The molecule has 0 atom stereocenters. The van der Waals surface area contributed by atoms with Crippen molar-refractivity contribution in [2.24, 2.45) is 10.8 Å². The van der Waals surface area contributed by atoms with E-state index in [-0.39, 0.29) is 24.2 Å². The van der Waals surface area contributed by atoms with Crippen LogP contribution in [0.5, 0.6) is 5.75 Å². The van der Waals surface area contributed by atoms with Crippen LogP contribution in [0.2, 0.25) is 0 Å². The molecule has 1 aromatic carbocycles. The summed E-state index contributed by atoms with van der Waals surface area (Å²) in [6, 6.07) is 5.76. The minimum Gasteiger partial charge on any atom is -0.464 e. The number of ether oxygens (including phenoxy) is 2. The maximum absolute atomic E-state index is 12.3. The lowest BCUT2D eigenvalue weighted by molar-refractivity contribution is -0.161. The van der Waals surface area contributed by atoms with Crippen molar-refractivity contribution < 1.29 is 28.7 Å². The Morgan fingerprint density at radius 1 is 1.04 bits per heavy atom. The highest BCUT2D eigenvalue weighted by atomic mass is 16.6. The summed E-state index contributed by atoms with van der Waals surface area (Å²) in [4.78, 5) is 46.0. The molecule has 0 fully saturated rings. The van der Waals surface area contributed by atoms with Gasteiger partial charge >= 0.3 is 11.9 Å². The third-order valence-corrected chi connectivity index (χ3v) is 3.17. The summed E-state index contributed by atoms with van der Waals surface area (Å²) in [5, 5.41) is 0. The topological polar surface area (TPSA) is 86.7 Å². The number of hydrogen-bond acceptors (Lipinski definition) is 6. The predicted molar refractivity (Wildman–Crippen MR) is 86.7 cm³/mol. The standard InChI is InChI=1S/C18H22O6/c1-17(2,3)15(21)23-11-18(4,5)16(22)24-13-8-6-7-12(9-13)14(20)10-19/h6-10H,11H2,1-5H3. The van der Waals surface area contributed by atoms with E-state index in [2.05, 4.69) is 0 Å². The van der Waals surface area contributed by atoms with Crippen LogP contribution in [0.4, 0.5) is 0 Å². The summed E-state index contributed by atoms with van der Waals surface area (Å²) >= 11 is 0. The summed E-state index contributed by atoms with van der Waals surface area (Å²) in [5.74, 6) is -1.59. The van der Waals surface area contributed by atoms with Crippen LogP contribution in [0.3, 0.4) is 0 Å². The van der Waals surface area contributed by atoms with Gasteiger partial charge in [-0.2, -0.15) is 0 Å². The van der Waals surface area contributed by atoms with Gasteiger partial charge in [-0.25, -0.2) is 0 Å². The summed E-state index contributed by atoms with van der Waals surface area (Å²) in [6.07, 6.45) is 0.191. The third kappa shape index (κ3) is 5.30. The molecule has 0 saturated carbocycles. The van der Waals surface area contributed by atoms with Crippen LogP contribution in [-0.2, 0) is 19.1 Å². The van der Waals surface area contributed by atoms with Gasteiger partial charge in [-0.3, -0.25) is 19.2 Å². The molecule has 0 amide bonds. The van der Waals surface area contributed by atoms with Gasteiger partial charge in [0.25, 0.3) is 0 Å². The van der Waals surface area contributed by atoms with Crippen molar-refractivity contribution in [3.8, 4) is 5.75 Å². The molecule has 0 N–H and O–H groups in total. The van der Waals surface area contributed by atoms with E-state index in [0.29, 0.717) is 0 Å². The van der Waals surface area contributed by atoms with E-state index in [4.69, 9.17) is 9.47 Å². The molecule has 0 unspecified atom stereocenters. The second-order valence-electron chi connectivity index (χ2n) is 7.11. The smallest absolute Gasteiger partial charge is 0.320 e. The maximum atomic E-state index is 12.3. The van der Waals surface area contributed by atoms with E-state index in [1.807, 2.05) is 0 Å². The maximum Gasteiger partial charge on any atom is 0.320 e. The number of carbonyl (C=O) groups is 4. The van der Waals surface area contributed by atoms with Crippen molar-refractivity contribution >= 4 is 24.0 Å². The number of rotatable bonds is 6. The molecule has 0 spiro atoms. The number of ketones is 1. The van der Waals surface area contributed by atoms with Gasteiger partial charge in [-0.1, -0.05) is 12.1 Å². The highest BCUT2D eigenvalue weighted by molar-refractivity contribution is 6.33. The van der Waals surface area contributed by atoms with Crippen LogP contribution >= 0.6 is 0 Å². The van der Waals surface area contributed by atoms with E-state index in [0.717, 1.165) is 0 Å². The van der Waals surface area contributed by atoms with Crippen LogP contribution < -0.4 is 4.74 Å². The normalized spacial score (nSPS) is 11.5. The van der Waals surface area contributed by atoms with Gasteiger partial charge in [-0.05, 0) is 46.8 Å². The Bertz CT molecular complexity index is 652. The number of esters is 2. The van der Waals surface area contributed by atoms with Gasteiger partial charge < -0.3 is 9.47 Å². The molecule has 0 radical (unpaired) electrons. The summed E-state index contributed by atoms with van der Waals surface area (Å²) in [7, 11) is 0. The predicted octanol–water partition coefficient (Wildman–Crippen LogP) is 2.59. The first-order valence-electron chi connectivity index (χ1n) is 7.46. The van der Waals surface area contributed by atoms with E-state index in [1.165, 1.54) is 24.3 Å². The lowest BCUT2D eigenvalue weighted by Crippen LogP contribution is -2.36. The Morgan fingerprint density at radius 2 is 1.67 bits per heavy atom. The molecule has 0 heterocycles. The van der Waals surface area contributed by atoms with Crippen molar-refractivity contribution in [1.82, 2.24) is 0 Å². The first kappa shape index (κ1) is 19.5. The molecule has 1 aromatic rings. The van der Waals surface area contributed by atoms with Crippen molar-refractivity contribution in [1.29, 1.82) is 0 Å². The molecular formula is C18H22O6. The highest BCUT2D eigenvalue weighted by Gasteiger charge is 2.34. The minimum absolute atomic E-state index is 0.130. The Hall–Kier alpha value is -2.50. The Balaban J connectivity index is 2.77. The number of Topliss-reactive ketones (excluding diaryl/α,β-unsaturated/α-hetero) is 1. The summed E-state index contributed by atoms with van der Waals surface area (Å²) in [6.45, 7) is 8.20. The molecule has 130 valence electrons. The second kappa shape index (κ2) is 7.38. The van der Waals surface area contributed by atoms with E-state index >= 15 is 0 Å². The van der Waals surface area contributed by atoms with Gasteiger partial charge in [-0.15, -0.1) is 0 Å². The molecule has 1 rings (SSSR count). The zero-order valence-corrected chi connectivity index (χ0v) is 14.5.